The van der Waals surface area contributed by atoms with Crippen LogP contribution in [0.5, 0.6) is 11.5 Å². The number of phenolic OH excluding ortho intramolecular Hbond substituents is 2. The van der Waals surface area contributed by atoms with E-state index in [1.807, 2.05) is 146 Å². The lowest BCUT2D eigenvalue weighted by Gasteiger charge is -2.15. The Morgan fingerprint density at radius 3 is 1.16 bits per heavy atom. The van der Waals surface area contributed by atoms with Gasteiger partial charge in [-0.3, -0.25) is 0 Å². The molecule has 224 valence electrons. The molecule has 6 aromatic rings. The molecular weight excluding hydrogens is 556 g/mol. The van der Waals surface area contributed by atoms with Gasteiger partial charge < -0.3 is 19.7 Å². The maximum Gasteiger partial charge on any atom is 0.131 e. The van der Waals surface area contributed by atoms with Crippen molar-refractivity contribution >= 4 is 0 Å². The molecule has 0 aromatic heterocycles. The van der Waals surface area contributed by atoms with Crippen LogP contribution in [0.3, 0.4) is 0 Å². The molecule has 0 spiro atoms. The van der Waals surface area contributed by atoms with E-state index in [1.54, 1.807) is 0 Å². The van der Waals surface area contributed by atoms with Gasteiger partial charge in [0.1, 0.15) is 11.5 Å². The summed E-state index contributed by atoms with van der Waals surface area (Å²) in [6, 6.07) is 47.7. The van der Waals surface area contributed by atoms with Gasteiger partial charge in [-0.15, -0.1) is 0 Å². The zero-order valence-corrected chi connectivity index (χ0v) is 25.1. The Balaban J connectivity index is 1.05. The molecule has 6 rings (SSSR count). The molecule has 2 N–H and O–H groups in total. The summed E-state index contributed by atoms with van der Waals surface area (Å²) in [7, 11) is 0. The molecule has 0 saturated carbocycles. The molecule has 0 radical (unpaired) electrons. The Morgan fingerprint density at radius 1 is 0.356 bits per heavy atom. The Morgan fingerprint density at radius 2 is 0.711 bits per heavy atom. The molecule has 0 saturated heterocycles. The fraction of sp³-hybridized carbons (Fsp3) is 0.122. The van der Waals surface area contributed by atoms with E-state index >= 15 is 0 Å². The zero-order chi connectivity index (χ0) is 30.8. The van der Waals surface area contributed by atoms with Crippen LogP contribution in [0.15, 0.2) is 146 Å². The summed E-state index contributed by atoms with van der Waals surface area (Å²) < 4.78 is 12.1. The Bertz CT molecular complexity index is 1710. The summed E-state index contributed by atoms with van der Waals surface area (Å²) in [6.07, 6.45) is 0.744. The molecule has 0 aliphatic rings. The van der Waals surface area contributed by atoms with Crippen molar-refractivity contribution in [1.29, 1.82) is 0 Å². The van der Waals surface area contributed by atoms with E-state index in [1.165, 1.54) is 0 Å². The average molecular weight is 593 g/mol. The predicted molar refractivity (Wildman–Crippen MR) is 182 cm³/mol. The molecule has 0 aliphatic carbocycles. The van der Waals surface area contributed by atoms with Gasteiger partial charge in [0, 0.05) is 35.5 Å². The highest BCUT2D eigenvalue weighted by molar-refractivity contribution is 5.84. The molecular formula is C41H36O4. The minimum Gasteiger partial charge on any atom is -0.507 e. The van der Waals surface area contributed by atoms with E-state index in [0.717, 1.165) is 62.1 Å². The first-order valence-electron chi connectivity index (χ1n) is 15.3. The van der Waals surface area contributed by atoms with Crippen molar-refractivity contribution in [3.8, 4) is 56.0 Å². The fourth-order valence-corrected chi connectivity index (χ4v) is 5.67. The minimum atomic E-state index is 0.268. The molecule has 0 aliphatic heterocycles. The van der Waals surface area contributed by atoms with Crippen LogP contribution in [0.25, 0.3) is 44.5 Å². The van der Waals surface area contributed by atoms with Crippen molar-refractivity contribution in [3.63, 3.8) is 0 Å². The van der Waals surface area contributed by atoms with Gasteiger partial charge in [-0.05, 0) is 39.8 Å². The van der Waals surface area contributed by atoms with E-state index in [4.69, 9.17) is 9.47 Å². The standard InChI is InChI=1S/C41H36O4/c42-40-36(30-14-3-1-4-15-30)22-11-24-38(40)34-20-9-7-18-32(34)28-44-26-13-27-45-29-33-19-8-10-21-35(33)39-25-12-23-37(41(39)43)31-16-5-2-6-17-31/h1-12,14-25,42-43H,13,26-29H2. The molecule has 0 bridgehead atoms. The SMILES string of the molecule is Oc1c(-c2ccccc2)cccc1-c1ccccc1COCCCOCc1ccccc1-c1cccc(-c2ccccc2)c1O. The maximum absolute atomic E-state index is 11.2. The molecule has 0 atom stereocenters. The summed E-state index contributed by atoms with van der Waals surface area (Å²) >= 11 is 0. The van der Waals surface area contributed by atoms with Gasteiger partial charge in [0.05, 0.1) is 13.2 Å². The minimum absolute atomic E-state index is 0.268. The first-order valence-corrected chi connectivity index (χ1v) is 15.3. The molecule has 0 unspecified atom stereocenters. The van der Waals surface area contributed by atoms with Gasteiger partial charge >= 0.3 is 0 Å². The van der Waals surface area contributed by atoms with E-state index in [-0.39, 0.29) is 11.5 Å². The number of phenols is 2. The molecule has 4 nitrogen and oxygen atoms in total. The number of hydrogen-bond acceptors (Lipinski definition) is 4. The van der Waals surface area contributed by atoms with Crippen molar-refractivity contribution < 1.29 is 19.7 Å². The Labute approximate surface area is 264 Å². The van der Waals surface area contributed by atoms with Crippen LogP contribution in [0, 0.1) is 0 Å². The molecule has 0 fully saturated rings. The normalized spacial score (nSPS) is 11.0. The number of para-hydroxylation sites is 2. The monoisotopic (exact) mass is 592 g/mol. The number of hydrogen-bond donors (Lipinski definition) is 2. The molecule has 4 heteroatoms. The second-order valence-electron chi connectivity index (χ2n) is 10.9. The van der Waals surface area contributed by atoms with Crippen LogP contribution in [0.2, 0.25) is 0 Å². The smallest absolute Gasteiger partial charge is 0.131 e. The van der Waals surface area contributed by atoms with E-state index in [0.29, 0.717) is 26.4 Å². The fourth-order valence-electron chi connectivity index (χ4n) is 5.67. The van der Waals surface area contributed by atoms with Crippen LogP contribution in [0.4, 0.5) is 0 Å². The van der Waals surface area contributed by atoms with Gasteiger partial charge in [-0.25, -0.2) is 0 Å². The lowest BCUT2D eigenvalue weighted by molar-refractivity contribution is 0.0698. The number of rotatable bonds is 12. The quantitative estimate of drug-likeness (QED) is 0.139. The summed E-state index contributed by atoms with van der Waals surface area (Å²) in [5, 5.41) is 22.4. The van der Waals surface area contributed by atoms with E-state index in [9.17, 15) is 10.2 Å². The van der Waals surface area contributed by atoms with E-state index in [2.05, 4.69) is 0 Å². The first-order chi connectivity index (χ1) is 22.2. The Hall–Kier alpha value is -5.16. The van der Waals surface area contributed by atoms with Gasteiger partial charge in [0.25, 0.3) is 0 Å². The third kappa shape index (κ3) is 6.99. The molecule has 6 aromatic carbocycles. The van der Waals surface area contributed by atoms with E-state index < -0.39 is 0 Å². The van der Waals surface area contributed by atoms with Crippen LogP contribution in [-0.2, 0) is 22.7 Å². The van der Waals surface area contributed by atoms with Crippen LogP contribution >= 0.6 is 0 Å². The molecule has 0 amide bonds. The lowest BCUT2D eigenvalue weighted by Crippen LogP contribution is -2.03. The zero-order valence-electron chi connectivity index (χ0n) is 25.1. The van der Waals surface area contributed by atoms with Gasteiger partial charge in [0.15, 0.2) is 0 Å². The second-order valence-corrected chi connectivity index (χ2v) is 10.9. The van der Waals surface area contributed by atoms with Crippen molar-refractivity contribution in [2.75, 3.05) is 13.2 Å². The highest BCUT2D eigenvalue weighted by atomic mass is 16.5. The van der Waals surface area contributed by atoms with Gasteiger partial charge in [0.2, 0.25) is 0 Å². The van der Waals surface area contributed by atoms with Crippen LogP contribution in [0.1, 0.15) is 17.5 Å². The largest absolute Gasteiger partial charge is 0.507 e. The van der Waals surface area contributed by atoms with Gasteiger partial charge in [-0.2, -0.15) is 0 Å². The Kier molecular flexibility index (Phi) is 9.66. The first kappa shape index (κ1) is 29.9. The third-order valence-corrected chi connectivity index (χ3v) is 7.95. The van der Waals surface area contributed by atoms with Crippen molar-refractivity contribution in [2.45, 2.75) is 19.6 Å². The van der Waals surface area contributed by atoms with Gasteiger partial charge in [-0.1, -0.05) is 146 Å². The summed E-state index contributed by atoms with van der Waals surface area (Å²) in [6.45, 7) is 1.97. The number of ether oxygens (including phenoxy) is 2. The average Bonchev–Trinajstić information content (AvgIpc) is 3.09. The maximum atomic E-state index is 11.2. The highest BCUT2D eigenvalue weighted by Crippen LogP contribution is 2.40. The third-order valence-electron chi connectivity index (χ3n) is 7.95. The summed E-state index contributed by atoms with van der Waals surface area (Å²) in [5.41, 5.74) is 9.10. The topological polar surface area (TPSA) is 58.9 Å². The van der Waals surface area contributed by atoms with Crippen molar-refractivity contribution in [1.82, 2.24) is 0 Å². The number of benzene rings is 6. The number of aromatic hydroxyl groups is 2. The van der Waals surface area contributed by atoms with Crippen molar-refractivity contribution in [3.05, 3.63) is 157 Å². The molecule has 0 heterocycles. The molecule has 45 heavy (non-hydrogen) atoms. The second kappa shape index (κ2) is 14.5. The predicted octanol–water partition coefficient (Wildman–Crippen LogP) is 9.89. The van der Waals surface area contributed by atoms with Crippen LogP contribution < -0.4 is 0 Å². The highest BCUT2D eigenvalue weighted by Gasteiger charge is 2.15. The van der Waals surface area contributed by atoms with Crippen LogP contribution in [-0.4, -0.2) is 23.4 Å². The van der Waals surface area contributed by atoms with Crippen molar-refractivity contribution in [2.24, 2.45) is 0 Å². The lowest BCUT2D eigenvalue weighted by atomic mass is 9.94. The summed E-state index contributed by atoms with van der Waals surface area (Å²) in [4.78, 5) is 0. The summed E-state index contributed by atoms with van der Waals surface area (Å²) in [5.74, 6) is 0.537.